The van der Waals surface area contributed by atoms with E-state index in [4.69, 9.17) is 0 Å². The summed E-state index contributed by atoms with van der Waals surface area (Å²) in [6.07, 6.45) is 9.03. The molecule has 0 aliphatic carbocycles. The third kappa shape index (κ3) is 3.66. The molecule has 1 aliphatic rings. The second-order valence-corrected chi connectivity index (χ2v) is 7.85. The van der Waals surface area contributed by atoms with Crippen LogP contribution in [0.15, 0.2) is 73.4 Å². The minimum Gasteiger partial charge on any atom is -0.369 e. The van der Waals surface area contributed by atoms with Crippen molar-refractivity contribution in [1.82, 2.24) is 19.0 Å². The van der Waals surface area contributed by atoms with Gasteiger partial charge in [0.15, 0.2) is 0 Å². The van der Waals surface area contributed by atoms with E-state index in [0.29, 0.717) is 0 Å². The van der Waals surface area contributed by atoms with Crippen LogP contribution in [-0.4, -0.2) is 51.7 Å². The fraction of sp³-hybridized carbons (Fsp3) is 0.292. The van der Waals surface area contributed by atoms with Crippen LogP contribution in [0.3, 0.4) is 0 Å². The highest BCUT2D eigenvalue weighted by Crippen LogP contribution is 2.22. The molecule has 5 nitrogen and oxygen atoms in total. The molecular formula is C24H27N5. The summed E-state index contributed by atoms with van der Waals surface area (Å²) in [6, 6.07) is 17.5. The Kier molecular flexibility index (Phi) is 4.82. The first kappa shape index (κ1) is 18.0. The van der Waals surface area contributed by atoms with Crippen molar-refractivity contribution in [2.45, 2.75) is 6.42 Å². The van der Waals surface area contributed by atoms with Gasteiger partial charge in [-0.1, -0.05) is 18.2 Å². The molecule has 0 radical (unpaired) electrons. The number of anilines is 1. The molecular weight excluding hydrogens is 358 g/mol. The van der Waals surface area contributed by atoms with Crippen LogP contribution >= 0.6 is 0 Å². The van der Waals surface area contributed by atoms with E-state index in [1.54, 1.807) is 0 Å². The molecule has 2 aromatic heterocycles. The quantitative estimate of drug-likeness (QED) is 0.524. The number of imidazole rings is 1. The van der Waals surface area contributed by atoms with E-state index in [9.17, 15) is 0 Å². The molecule has 0 saturated carbocycles. The summed E-state index contributed by atoms with van der Waals surface area (Å²) >= 11 is 0. The Morgan fingerprint density at radius 3 is 2.41 bits per heavy atom. The molecule has 29 heavy (non-hydrogen) atoms. The van der Waals surface area contributed by atoms with Crippen LogP contribution in [-0.2, 0) is 13.5 Å². The van der Waals surface area contributed by atoms with Crippen molar-refractivity contribution in [3.8, 4) is 5.69 Å². The zero-order chi connectivity index (χ0) is 19.6. The lowest BCUT2D eigenvalue weighted by molar-refractivity contribution is 0.261. The fourth-order valence-electron chi connectivity index (χ4n) is 4.38. The van der Waals surface area contributed by atoms with E-state index in [1.165, 1.54) is 22.2 Å². The summed E-state index contributed by atoms with van der Waals surface area (Å²) in [4.78, 5) is 9.21. The maximum Gasteiger partial charge on any atom is 0.0991 e. The van der Waals surface area contributed by atoms with Gasteiger partial charge in [0, 0.05) is 80.6 Å². The van der Waals surface area contributed by atoms with E-state index < -0.39 is 0 Å². The lowest BCUT2D eigenvalue weighted by Gasteiger charge is -2.36. The fourth-order valence-corrected chi connectivity index (χ4v) is 4.38. The number of benzene rings is 2. The Morgan fingerprint density at radius 1 is 0.897 bits per heavy atom. The molecule has 2 aromatic carbocycles. The predicted octanol–water partition coefficient (Wildman–Crippen LogP) is 3.73. The molecule has 1 saturated heterocycles. The molecule has 0 bridgehead atoms. The van der Waals surface area contributed by atoms with Crippen molar-refractivity contribution < 1.29 is 0 Å². The van der Waals surface area contributed by atoms with Gasteiger partial charge >= 0.3 is 0 Å². The lowest BCUT2D eigenvalue weighted by atomic mass is 10.1. The Labute approximate surface area is 171 Å². The Hall–Kier alpha value is -3.05. The van der Waals surface area contributed by atoms with E-state index in [-0.39, 0.29) is 0 Å². The van der Waals surface area contributed by atoms with Gasteiger partial charge in [-0.15, -0.1) is 0 Å². The molecule has 5 heteroatoms. The summed E-state index contributed by atoms with van der Waals surface area (Å²) in [7, 11) is 2.14. The predicted molar refractivity (Wildman–Crippen MR) is 119 cm³/mol. The van der Waals surface area contributed by atoms with E-state index >= 15 is 0 Å². The minimum atomic E-state index is 1.08. The lowest BCUT2D eigenvalue weighted by Crippen LogP contribution is -2.47. The first-order chi connectivity index (χ1) is 14.3. The maximum atomic E-state index is 4.12. The molecule has 4 aromatic rings. The van der Waals surface area contributed by atoms with Crippen molar-refractivity contribution in [2.24, 2.45) is 7.05 Å². The molecule has 0 atom stereocenters. The Balaban J connectivity index is 1.17. The number of hydrogen-bond donors (Lipinski definition) is 0. The van der Waals surface area contributed by atoms with Crippen LogP contribution < -0.4 is 4.90 Å². The number of rotatable bonds is 5. The Morgan fingerprint density at radius 2 is 1.66 bits per heavy atom. The molecule has 0 amide bonds. The number of fused-ring (bicyclic) bond motifs is 1. The van der Waals surface area contributed by atoms with Crippen LogP contribution in [0.25, 0.3) is 16.6 Å². The van der Waals surface area contributed by atoms with E-state index in [2.05, 4.69) is 81.1 Å². The standard InChI is InChI=1S/C24H27N5/c1-26-18-20(23-4-2-3-5-24(23)26)10-12-27-14-16-28(17-15-27)21-6-8-22(9-7-21)29-13-11-25-19-29/h2-9,11,13,18-19H,10,12,14-17H2,1H3. The highest BCUT2D eigenvalue weighted by atomic mass is 15.3. The van der Waals surface area contributed by atoms with Gasteiger partial charge in [-0.25, -0.2) is 4.98 Å². The topological polar surface area (TPSA) is 29.2 Å². The summed E-state index contributed by atoms with van der Waals surface area (Å²) < 4.78 is 4.28. The molecule has 1 aliphatic heterocycles. The Bertz CT molecular complexity index is 1070. The molecule has 148 valence electrons. The van der Waals surface area contributed by atoms with Gasteiger partial charge < -0.3 is 14.0 Å². The third-order valence-corrected chi connectivity index (χ3v) is 6.07. The number of nitrogens with zero attached hydrogens (tertiary/aromatic N) is 5. The number of aromatic nitrogens is 3. The highest BCUT2D eigenvalue weighted by Gasteiger charge is 2.17. The highest BCUT2D eigenvalue weighted by molar-refractivity contribution is 5.83. The number of piperazine rings is 1. The second-order valence-electron chi connectivity index (χ2n) is 7.85. The smallest absolute Gasteiger partial charge is 0.0991 e. The van der Waals surface area contributed by atoms with Crippen LogP contribution in [0, 0.1) is 0 Å². The molecule has 0 unspecified atom stereocenters. The van der Waals surface area contributed by atoms with Gasteiger partial charge in [0.25, 0.3) is 0 Å². The van der Waals surface area contributed by atoms with Crippen molar-refractivity contribution in [3.05, 3.63) is 79.0 Å². The van der Waals surface area contributed by atoms with Crippen LogP contribution in [0.4, 0.5) is 5.69 Å². The van der Waals surface area contributed by atoms with E-state index in [1.807, 2.05) is 23.3 Å². The minimum absolute atomic E-state index is 1.08. The molecule has 0 spiro atoms. The number of para-hydroxylation sites is 1. The van der Waals surface area contributed by atoms with Crippen LogP contribution in [0.5, 0.6) is 0 Å². The van der Waals surface area contributed by atoms with Gasteiger partial charge in [0.05, 0.1) is 6.33 Å². The van der Waals surface area contributed by atoms with Gasteiger partial charge in [0.2, 0.25) is 0 Å². The van der Waals surface area contributed by atoms with E-state index in [0.717, 1.165) is 44.8 Å². The zero-order valence-electron chi connectivity index (χ0n) is 16.9. The first-order valence-electron chi connectivity index (χ1n) is 10.4. The summed E-state index contributed by atoms with van der Waals surface area (Å²) in [6.45, 7) is 5.53. The summed E-state index contributed by atoms with van der Waals surface area (Å²) in [5, 5.41) is 1.40. The van der Waals surface area contributed by atoms with Crippen molar-refractivity contribution >= 4 is 16.6 Å². The van der Waals surface area contributed by atoms with Gasteiger partial charge in [-0.3, -0.25) is 4.90 Å². The molecule has 3 heterocycles. The van der Waals surface area contributed by atoms with Crippen molar-refractivity contribution in [1.29, 1.82) is 0 Å². The van der Waals surface area contributed by atoms with Crippen molar-refractivity contribution in [3.63, 3.8) is 0 Å². The molecule has 5 rings (SSSR count). The summed E-state index contributed by atoms with van der Waals surface area (Å²) in [5.74, 6) is 0. The van der Waals surface area contributed by atoms with Gasteiger partial charge in [-0.05, 0) is 42.3 Å². The first-order valence-corrected chi connectivity index (χ1v) is 10.4. The monoisotopic (exact) mass is 385 g/mol. The second kappa shape index (κ2) is 7.76. The van der Waals surface area contributed by atoms with Crippen LogP contribution in [0.1, 0.15) is 5.56 Å². The number of aryl methyl sites for hydroxylation is 1. The van der Waals surface area contributed by atoms with Gasteiger partial charge in [0.1, 0.15) is 0 Å². The number of hydrogen-bond acceptors (Lipinski definition) is 3. The van der Waals surface area contributed by atoms with Crippen molar-refractivity contribution in [2.75, 3.05) is 37.6 Å². The van der Waals surface area contributed by atoms with Crippen LogP contribution in [0.2, 0.25) is 0 Å². The normalized spacial score (nSPS) is 15.3. The molecule has 0 N–H and O–H groups in total. The third-order valence-electron chi connectivity index (χ3n) is 6.07. The summed E-state index contributed by atoms with van der Waals surface area (Å²) in [5.41, 5.74) is 5.25. The zero-order valence-corrected chi connectivity index (χ0v) is 16.9. The molecule has 1 fully saturated rings. The average Bonchev–Trinajstić information content (AvgIpc) is 3.42. The average molecular weight is 386 g/mol. The largest absolute Gasteiger partial charge is 0.369 e. The maximum absolute atomic E-state index is 4.12. The van der Waals surface area contributed by atoms with Gasteiger partial charge in [-0.2, -0.15) is 0 Å². The SMILES string of the molecule is Cn1cc(CCN2CCN(c3ccc(-n4ccnc4)cc3)CC2)c2ccccc21.